The number of pyridine rings is 1. The Morgan fingerprint density at radius 1 is 1.00 bits per heavy atom. The third-order valence-corrected chi connectivity index (χ3v) is 7.21. The van der Waals surface area contributed by atoms with Crippen molar-refractivity contribution in [3.05, 3.63) is 78.1 Å². The molecule has 1 aliphatic rings. The molecule has 5 rings (SSSR count). The molecule has 0 spiro atoms. The second kappa shape index (κ2) is 7.45. The van der Waals surface area contributed by atoms with E-state index in [1.165, 1.54) is 0 Å². The van der Waals surface area contributed by atoms with E-state index >= 15 is 0 Å². The van der Waals surface area contributed by atoms with Crippen LogP contribution in [0.1, 0.15) is 50.8 Å². The number of anilines is 1. The van der Waals surface area contributed by atoms with Crippen molar-refractivity contribution in [2.24, 2.45) is 0 Å². The van der Waals surface area contributed by atoms with Gasteiger partial charge in [-0.15, -0.1) is 0 Å². The molecule has 6 nitrogen and oxygen atoms in total. The summed E-state index contributed by atoms with van der Waals surface area (Å²) in [5.74, 6) is 0.821. The molecule has 2 aromatic heterocycles. The van der Waals surface area contributed by atoms with Crippen molar-refractivity contribution in [3.8, 4) is 5.69 Å². The van der Waals surface area contributed by atoms with Gasteiger partial charge >= 0.3 is 0 Å². The first kappa shape index (κ1) is 20.7. The molecule has 1 aliphatic carbocycles. The van der Waals surface area contributed by atoms with Crippen LogP contribution in [0, 0.1) is 0 Å². The van der Waals surface area contributed by atoms with Gasteiger partial charge < -0.3 is 0 Å². The van der Waals surface area contributed by atoms with Gasteiger partial charge in [0.15, 0.2) is 0 Å². The fraction of sp³-hybridized carbons (Fsp3) is 0.280. The Kier molecular flexibility index (Phi) is 4.82. The van der Waals surface area contributed by atoms with Crippen molar-refractivity contribution < 1.29 is 8.42 Å². The molecule has 1 N–H and O–H groups in total. The molecule has 0 amide bonds. The smallest absolute Gasteiger partial charge is 0.263 e. The minimum Gasteiger partial charge on any atom is -0.263 e. The van der Waals surface area contributed by atoms with Crippen molar-refractivity contribution in [2.75, 3.05) is 4.72 Å². The van der Waals surface area contributed by atoms with Crippen molar-refractivity contribution in [3.63, 3.8) is 0 Å². The maximum Gasteiger partial charge on any atom is 0.263 e. The topological polar surface area (TPSA) is 76.9 Å². The van der Waals surface area contributed by atoms with Crippen LogP contribution in [0.4, 0.5) is 5.82 Å². The standard InChI is InChI=1S/C25H26N4O2S/c1-25(2,3)18-11-13-19(14-12-18)32(30,31)28-24-16-22(17-9-10-17)27-29(24)23-8-4-7-21-20(23)6-5-15-26-21/h4-8,11-17,28H,9-10H2,1-3H3. The molecule has 0 saturated heterocycles. The minimum absolute atomic E-state index is 0.0457. The van der Waals surface area contributed by atoms with E-state index < -0.39 is 10.0 Å². The van der Waals surface area contributed by atoms with Crippen molar-refractivity contribution >= 4 is 26.7 Å². The predicted molar refractivity (Wildman–Crippen MR) is 127 cm³/mol. The zero-order valence-electron chi connectivity index (χ0n) is 18.4. The van der Waals surface area contributed by atoms with Gasteiger partial charge in [0.1, 0.15) is 5.82 Å². The van der Waals surface area contributed by atoms with E-state index in [0.29, 0.717) is 11.7 Å². The Morgan fingerprint density at radius 2 is 1.75 bits per heavy atom. The van der Waals surface area contributed by atoms with Crippen molar-refractivity contribution in [2.45, 2.75) is 49.8 Å². The van der Waals surface area contributed by atoms with E-state index in [2.05, 4.69) is 30.5 Å². The maximum absolute atomic E-state index is 13.2. The van der Waals surface area contributed by atoms with Gasteiger partial charge in [0, 0.05) is 23.6 Å². The number of nitrogens with one attached hydrogen (secondary N) is 1. The Hall–Kier alpha value is -3.19. The molecule has 1 saturated carbocycles. The molecule has 7 heteroatoms. The number of benzene rings is 2. The zero-order valence-corrected chi connectivity index (χ0v) is 19.2. The van der Waals surface area contributed by atoms with E-state index in [1.807, 2.05) is 48.5 Å². The van der Waals surface area contributed by atoms with Crippen LogP contribution in [0.3, 0.4) is 0 Å². The molecule has 164 valence electrons. The molecule has 4 aromatic rings. The lowest BCUT2D eigenvalue weighted by Crippen LogP contribution is -2.17. The summed E-state index contributed by atoms with van der Waals surface area (Å²) in [6.07, 6.45) is 3.90. The summed E-state index contributed by atoms with van der Waals surface area (Å²) in [6.45, 7) is 6.31. The first-order chi connectivity index (χ1) is 15.2. The van der Waals surface area contributed by atoms with Gasteiger partial charge in [-0.3, -0.25) is 9.71 Å². The Bertz CT molecular complexity index is 1390. The minimum atomic E-state index is -3.78. The summed E-state index contributed by atoms with van der Waals surface area (Å²) in [6, 6.07) is 18.5. The number of sulfonamides is 1. The van der Waals surface area contributed by atoms with Gasteiger partial charge in [-0.25, -0.2) is 13.1 Å². The van der Waals surface area contributed by atoms with Crippen LogP contribution >= 0.6 is 0 Å². The number of nitrogens with zero attached hydrogens (tertiary/aromatic N) is 3. The number of hydrogen-bond acceptors (Lipinski definition) is 4. The second-order valence-corrected chi connectivity index (χ2v) is 11.1. The first-order valence-electron chi connectivity index (χ1n) is 10.8. The van der Waals surface area contributed by atoms with Gasteiger partial charge in [0.25, 0.3) is 10.0 Å². The quantitative estimate of drug-likeness (QED) is 0.445. The number of fused-ring (bicyclic) bond motifs is 1. The van der Waals surface area contributed by atoms with Gasteiger partial charge in [-0.1, -0.05) is 39.0 Å². The SMILES string of the molecule is CC(C)(C)c1ccc(S(=O)(=O)Nc2cc(C3CC3)nn2-c2cccc3ncccc23)cc1. The molecule has 0 unspecified atom stereocenters. The zero-order chi connectivity index (χ0) is 22.5. The van der Waals surface area contributed by atoms with E-state index in [0.717, 1.165) is 40.7 Å². The van der Waals surface area contributed by atoms with Crippen LogP contribution in [0.5, 0.6) is 0 Å². The highest BCUT2D eigenvalue weighted by Crippen LogP contribution is 2.41. The third kappa shape index (κ3) is 3.88. The summed E-state index contributed by atoms with van der Waals surface area (Å²) in [5.41, 5.74) is 3.58. The van der Waals surface area contributed by atoms with Gasteiger partial charge in [0.05, 0.1) is 21.8 Å². The number of aromatic nitrogens is 3. The molecule has 0 atom stereocenters. The number of rotatable bonds is 5. The van der Waals surface area contributed by atoms with Gasteiger partial charge in [-0.05, 0) is 60.2 Å². The molecule has 0 radical (unpaired) electrons. The van der Waals surface area contributed by atoms with E-state index in [-0.39, 0.29) is 10.3 Å². The summed E-state index contributed by atoms with van der Waals surface area (Å²) >= 11 is 0. The molecular formula is C25H26N4O2S. The van der Waals surface area contributed by atoms with E-state index in [4.69, 9.17) is 5.10 Å². The monoisotopic (exact) mass is 446 g/mol. The molecular weight excluding hydrogens is 420 g/mol. The lowest BCUT2D eigenvalue weighted by atomic mass is 9.87. The van der Waals surface area contributed by atoms with Crippen LogP contribution in [-0.2, 0) is 15.4 Å². The second-order valence-electron chi connectivity index (χ2n) is 9.37. The fourth-order valence-electron chi connectivity index (χ4n) is 3.84. The number of hydrogen-bond donors (Lipinski definition) is 1. The fourth-order valence-corrected chi connectivity index (χ4v) is 4.87. The Labute approximate surface area is 188 Å². The molecule has 2 heterocycles. The molecule has 0 aliphatic heterocycles. The largest absolute Gasteiger partial charge is 0.263 e. The first-order valence-corrected chi connectivity index (χ1v) is 12.3. The lowest BCUT2D eigenvalue weighted by molar-refractivity contribution is 0.587. The summed E-state index contributed by atoms with van der Waals surface area (Å²) in [4.78, 5) is 4.65. The predicted octanol–water partition coefficient (Wildman–Crippen LogP) is 5.40. The summed E-state index contributed by atoms with van der Waals surface area (Å²) in [5, 5.41) is 5.69. The highest BCUT2D eigenvalue weighted by atomic mass is 32.2. The van der Waals surface area contributed by atoms with E-state index in [9.17, 15) is 8.42 Å². The van der Waals surface area contributed by atoms with Crippen LogP contribution < -0.4 is 4.72 Å². The third-order valence-electron chi connectivity index (χ3n) is 5.84. The average Bonchev–Trinajstić information content (AvgIpc) is 3.54. The maximum atomic E-state index is 13.2. The van der Waals surface area contributed by atoms with Crippen LogP contribution in [0.2, 0.25) is 0 Å². The lowest BCUT2D eigenvalue weighted by Gasteiger charge is -2.19. The van der Waals surface area contributed by atoms with E-state index in [1.54, 1.807) is 23.0 Å². The highest BCUT2D eigenvalue weighted by molar-refractivity contribution is 7.92. The molecule has 32 heavy (non-hydrogen) atoms. The normalized spacial score (nSPS) is 14.6. The van der Waals surface area contributed by atoms with Crippen LogP contribution in [0.25, 0.3) is 16.6 Å². The highest BCUT2D eigenvalue weighted by Gasteiger charge is 2.29. The summed E-state index contributed by atoms with van der Waals surface area (Å²) < 4.78 is 31.0. The molecule has 1 fully saturated rings. The average molecular weight is 447 g/mol. The van der Waals surface area contributed by atoms with Crippen LogP contribution in [-0.4, -0.2) is 23.2 Å². The van der Waals surface area contributed by atoms with Gasteiger partial charge in [0.2, 0.25) is 0 Å². The Morgan fingerprint density at radius 3 is 2.44 bits per heavy atom. The molecule has 0 bridgehead atoms. The summed E-state index contributed by atoms with van der Waals surface area (Å²) in [7, 11) is -3.78. The van der Waals surface area contributed by atoms with Crippen molar-refractivity contribution in [1.82, 2.24) is 14.8 Å². The Balaban J connectivity index is 1.56. The van der Waals surface area contributed by atoms with Gasteiger partial charge in [-0.2, -0.15) is 5.10 Å². The van der Waals surface area contributed by atoms with Crippen LogP contribution in [0.15, 0.2) is 71.8 Å². The van der Waals surface area contributed by atoms with Crippen molar-refractivity contribution in [1.29, 1.82) is 0 Å². The molecule has 2 aromatic carbocycles.